The standard InChI is InChI=1S/C10H8N2O3/c11-7-6-9(13)15-12-10(14)8-4-2-1-3-5-8/h1-5H,6H2,(H,12,14). The zero-order chi connectivity index (χ0) is 11.1. The average molecular weight is 204 g/mol. The van der Waals surface area contributed by atoms with Crippen LogP contribution in [0.4, 0.5) is 0 Å². The molecule has 0 unspecified atom stereocenters. The Bertz CT molecular complexity index is 395. The molecule has 0 aliphatic carbocycles. The maximum atomic E-state index is 11.3. The number of carbonyl (C=O) groups is 2. The summed E-state index contributed by atoms with van der Waals surface area (Å²) in [6.45, 7) is 0. The Kier molecular flexibility index (Phi) is 3.86. The lowest BCUT2D eigenvalue weighted by molar-refractivity contribution is -0.147. The van der Waals surface area contributed by atoms with Gasteiger partial charge in [0, 0.05) is 5.56 Å². The summed E-state index contributed by atoms with van der Waals surface area (Å²) in [6, 6.07) is 9.89. The van der Waals surface area contributed by atoms with Crippen molar-refractivity contribution in [3.05, 3.63) is 35.9 Å². The summed E-state index contributed by atoms with van der Waals surface area (Å²) >= 11 is 0. The van der Waals surface area contributed by atoms with Gasteiger partial charge in [0.1, 0.15) is 6.42 Å². The number of hydroxylamine groups is 1. The van der Waals surface area contributed by atoms with Crippen molar-refractivity contribution in [2.24, 2.45) is 0 Å². The summed E-state index contributed by atoms with van der Waals surface area (Å²) in [7, 11) is 0. The van der Waals surface area contributed by atoms with E-state index in [1.807, 2.05) is 5.48 Å². The summed E-state index contributed by atoms with van der Waals surface area (Å²) in [4.78, 5) is 26.3. The number of carbonyl (C=O) groups excluding carboxylic acids is 2. The maximum Gasteiger partial charge on any atom is 0.346 e. The lowest BCUT2D eigenvalue weighted by Gasteiger charge is -2.03. The van der Waals surface area contributed by atoms with Gasteiger partial charge in [-0.25, -0.2) is 4.79 Å². The van der Waals surface area contributed by atoms with Crippen LogP contribution in [0.25, 0.3) is 0 Å². The minimum atomic E-state index is -0.790. The zero-order valence-corrected chi connectivity index (χ0v) is 7.77. The van der Waals surface area contributed by atoms with Crippen molar-refractivity contribution in [1.82, 2.24) is 5.48 Å². The molecule has 1 aromatic carbocycles. The van der Waals surface area contributed by atoms with E-state index in [0.29, 0.717) is 5.56 Å². The van der Waals surface area contributed by atoms with Crippen molar-refractivity contribution < 1.29 is 14.4 Å². The molecule has 0 saturated heterocycles. The Labute approximate surface area is 86.2 Å². The van der Waals surface area contributed by atoms with E-state index in [2.05, 4.69) is 4.84 Å². The zero-order valence-electron chi connectivity index (χ0n) is 7.77. The van der Waals surface area contributed by atoms with Gasteiger partial charge in [-0.15, -0.1) is 0 Å². The average Bonchev–Trinajstić information content (AvgIpc) is 2.27. The molecule has 0 bridgehead atoms. The van der Waals surface area contributed by atoms with Crippen molar-refractivity contribution in [3.8, 4) is 6.07 Å². The molecule has 0 aliphatic heterocycles. The lowest BCUT2D eigenvalue weighted by atomic mass is 10.2. The van der Waals surface area contributed by atoms with Gasteiger partial charge in [-0.05, 0) is 12.1 Å². The second kappa shape index (κ2) is 5.40. The Morgan fingerprint density at radius 3 is 2.60 bits per heavy atom. The summed E-state index contributed by atoms with van der Waals surface area (Å²) in [5, 5.41) is 8.16. The fourth-order valence-electron chi connectivity index (χ4n) is 0.852. The number of nitriles is 1. The molecule has 1 aromatic rings. The first-order chi connectivity index (χ1) is 7.24. The van der Waals surface area contributed by atoms with Gasteiger partial charge in [-0.2, -0.15) is 10.7 Å². The molecule has 0 spiro atoms. The van der Waals surface area contributed by atoms with Crippen molar-refractivity contribution in [1.29, 1.82) is 5.26 Å². The largest absolute Gasteiger partial charge is 0.346 e. The lowest BCUT2D eigenvalue weighted by Crippen LogP contribution is -2.26. The SMILES string of the molecule is N#CCC(=O)ONC(=O)c1ccccc1. The van der Waals surface area contributed by atoms with Crippen LogP contribution in [0.3, 0.4) is 0 Å². The van der Waals surface area contributed by atoms with E-state index in [4.69, 9.17) is 5.26 Å². The molecule has 0 saturated carbocycles. The Hall–Kier alpha value is -2.35. The molecule has 0 radical (unpaired) electrons. The summed E-state index contributed by atoms with van der Waals surface area (Å²) in [6.07, 6.45) is -0.394. The van der Waals surface area contributed by atoms with Crippen LogP contribution in [0.15, 0.2) is 30.3 Å². The quantitative estimate of drug-likeness (QED) is 0.722. The van der Waals surface area contributed by atoms with Gasteiger partial charge < -0.3 is 4.84 Å². The highest BCUT2D eigenvalue weighted by molar-refractivity contribution is 5.94. The number of benzene rings is 1. The molecule has 1 amide bonds. The van der Waals surface area contributed by atoms with E-state index in [1.165, 1.54) is 0 Å². The maximum absolute atomic E-state index is 11.3. The predicted octanol–water partition coefficient (Wildman–Crippen LogP) is 0.788. The topological polar surface area (TPSA) is 79.2 Å². The van der Waals surface area contributed by atoms with Crippen LogP contribution in [0.5, 0.6) is 0 Å². The third-order valence-corrected chi connectivity index (χ3v) is 1.52. The molecule has 0 aromatic heterocycles. The molecule has 76 valence electrons. The predicted molar refractivity (Wildman–Crippen MR) is 50.2 cm³/mol. The van der Waals surface area contributed by atoms with E-state index in [-0.39, 0.29) is 0 Å². The molecule has 0 fully saturated rings. The number of nitrogens with one attached hydrogen (secondary N) is 1. The Balaban J connectivity index is 2.45. The Morgan fingerprint density at radius 2 is 2.00 bits per heavy atom. The van der Waals surface area contributed by atoms with Crippen molar-refractivity contribution in [2.75, 3.05) is 0 Å². The van der Waals surface area contributed by atoms with Gasteiger partial charge in [0.25, 0.3) is 5.91 Å². The number of hydrogen-bond acceptors (Lipinski definition) is 4. The number of rotatable bonds is 2. The molecule has 5 heteroatoms. The van der Waals surface area contributed by atoms with Crippen LogP contribution in [-0.2, 0) is 9.63 Å². The van der Waals surface area contributed by atoms with Crippen LogP contribution in [-0.4, -0.2) is 11.9 Å². The minimum absolute atomic E-state index is 0.377. The fraction of sp³-hybridized carbons (Fsp3) is 0.100. The normalized spacial score (nSPS) is 8.73. The highest BCUT2D eigenvalue weighted by Gasteiger charge is 2.07. The molecule has 5 nitrogen and oxygen atoms in total. The fourth-order valence-corrected chi connectivity index (χ4v) is 0.852. The molecule has 0 aliphatic rings. The first kappa shape index (κ1) is 10.7. The minimum Gasteiger partial charge on any atom is -0.339 e. The van der Waals surface area contributed by atoms with Gasteiger partial charge in [0.2, 0.25) is 0 Å². The Morgan fingerprint density at radius 1 is 1.33 bits per heavy atom. The van der Waals surface area contributed by atoms with Crippen molar-refractivity contribution >= 4 is 11.9 Å². The van der Waals surface area contributed by atoms with Gasteiger partial charge in [-0.1, -0.05) is 18.2 Å². The smallest absolute Gasteiger partial charge is 0.339 e. The number of nitrogens with zero attached hydrogens (tertiary/aromatic N) is 1. The monoisotopic (exact) mass is 204 g/mol. The molecule has 0 heterocycles. The van der Waals surface area contributed by atoms with E-state index >= 15 is 0 Å². The summed E-state index contributed by atoms with van der Waals surface area (Å²) in [5.41, 5.74) is 2.32. The van der Waals surface area contributed by atoms with E-state index in [0.717, 1.165) is 0 Å². The summed E-state index contributed by atoms with van der Waals surface area (Å²) in [5.74, 6) is -1.32. The molecule has 1 rings (SSSR count). The number of hydrogen-bond donors (Lipinski definition) is 1. The second-order valence-corrected chi connectivity index (χ2v) is 2.61. The van der Waals surface area contributed by atoms with E-state index < -0.39 is 18.3 Å². The summed E-state index contributed by atoms with van der Waals surface area (Å²) < 4.78 is 0. The van der Waals surface area contributed by atoms with Gasteiger partial charge in [0.05, 0.1) is 6.07 Å². The third-order valence-electron chi connectivity index (χ3n) is 1.52. The van der Waals surface area contributed by atoms with Crippen LogP contribution in [0.2, 0.25) is 0 Å². The first-order valence-corrected chi connectivity index (χ1v) is 4.16. The van der Waals surface area contributed by atoms with Gasteiger partial charge >= 0.3 is 5.97 Å². The highest BCUT2D eigenvalue weighted by Crippen LogP contribution is 1.97. The van der Waals surface area contributed by atoms with Crippen LogP contribution in [0.1, 0.15) is 16.8 Å². The van der Waals surface area contributed by atoms with E-state index in [1.54, 1.807) is 36.4 Å². The molecular formula is C10H8N2O3. The molecule has 0 atom stereocenters. The molecule has 15 heavy (non-hydrogen) atoms. The first-order valence-electron chi connectivity index (χ1n) is 4.16. The highest BCUT2D eigenvalue weighted by atomic mass is 16.7. The van der Waals surface area contributed by atoms with Crippen LogP contribution in [0, 0.1) is 11.3 Å². The van der Waals surface area contributed by atoms with Crippen molar-refractivity contribution in [2.45, 2.75) is 6.42 Å². The van der Waals surface area contributed by atoms with Crippen LogP contribution >= 0.6 is 0 Å². The molecule has 1 N–H and O–H groups in total. The molecular weight excluding hydrogens is 196 g/mol. The van der Waals surface area contributed by atoms with E-state index in [9.17, 15) is 9.59 Å². The van der Waals surface area contributed by atoms with Crippen molar-refractivity contribution in [3.63, 3.8) is 0 Å². The third kappa shape index (κ3) is 3.48. The van der Waals surface area contributed by atoms with Crippen LogP contribution < -0.4 is 5.48 Å². The number of amides is 1. The van der Waals surface area contributed by atoms with Gasteiger partial charge in [-0.3, -0.25) is 4.79 Å². The second-order valence-electron chi connectivity index (χ2n) is 2.61. The van der Waals surface area contributed by atoms with Gasteiger partial charge in [0.15, 0.2) is 0 Å².